The van der Waals surface area contributed by atoms with E-state index in [1.807, 2.05) is 12.1 Å². The van der Waals surface area contributed by atoms with Crippen LogP contribution in [0.15, 0.2) is 24.4 Å². The van der Waals surface area contributed by atoms with E-state index < -0.39 is 0 Å². The lowest BCUT2D eigenvalue weighted by molar-refractivity contribution is 0.974. The van der Waals surface area contributed by atoms with Gasteiger partial charge in [0.25, 0.3) is 0 Å². The lowest BCUT2D eigenvalue weighted by Crippen LogP contribution is -2.03. The van der Waals surface area contributed by atoms with E-state index in [9.17, 15) is 0 Å². The highest BCUT2D eigenvalue weighted by Crippen LogP contribution is 2.12. The van der Waals surface area contributed by atoms with Crippen LogP contribution in [0.3, 0.4) is 0 Å². The first-order valence-electron chi connectivity index (χ1n) is 4.68. The fourth-order valence-corrected chi connectivity index (χ4v) is 1.23. The molecule has 2 heterocycles. The Hall–Kier alpha value is -2.55. The molecule has 0 bridgehead atoms. The number of hydrogen-bond donors (Lipinski definition) is 3. The molecule has 6 heteroatoms. The van der Waals surface area contributed by atoms with Gasteiger partial charge in [-0.25, -0.2) is 4.98 Å². The Morgan fingerprint density at radius 3 is 3.00 bits per heavy atom. The van der Waals surface area contributed by atoms with Crippen molar-refractivity contribution >= 4 is 11.5 Å². The second-order valence-electron chi connectivity index (χ2n) is 3.18. The first kappa shape index (κ1) is 9.98. The van der Waals surface area contributed by atoms with Gasteiger partial charge in [0.2, 0.25) is 0 Å². The summed E-state index contributed by atoms with van der Waals surface area (Å²) in [4.78, 5) is 4.06. The van der Waals surface area contributed by atoms with Crippen molar-refractivity contribution in [1.29, 1.82) is 5.26 Å². The Labute approximate surface area is 92.1 Å². The van der Waals surface area contributed by atoms with E-state index in [1.54, 1.807) is 18.3 Å². The molecule has 0 saturated carbocycles. The molecule has 2 aromatic rings. The summed E-state index contributed by atoms with van der Waals surface area (Å²) < 4.78 is 0. The molecule has 0 fully saturated rings. The monoisotopic (exact) mass is 214 g/mol. The van der Waals surface area contributed by atoms with Gasteiger partial charge in [-0.2, -0.15) is 10.4 Å². The fourth-order valence-electron chi connectivity index (χ4n) is 1.23. The minimum atomic E-state index is 0.231. The Morgan fingerprint density at radius 2 is 2.31 bits per heavy atom. The zero-order chi connectivity index (χ0) is 11.4. The molecule has 80 valence electrons. The first-order valence-corrected chi connectivity index (χ1v) is 4.68. The van der Waals surface area contributed by atoms with Gasteiger partial charge < -0.3 is 11.1 Å². The molecule has 0 radical (unpaired) electrons. The highest BCUT2D eigenvalue weighted by molar-refractivity contribution is 5.54. The number of nitriles is 1. The van der Waals surface area contributed by atoms with Crippen LogP contribution in [-0.2, 0) is 6.54 Å². The predicted molar refractivity (Wildman–Crippen MR) is 59.3 cm³/mol. The van der Waals surface area contributed by atoms with E-state index >= 15 is 0 Å². The summed E-state index contributed by atoms with van der Waals surface area (Å²) in [5, 5.41) is 18.5. The van der Waals surface area contributed by atoms with Gasteiger partial charge in [-0.05, 0) is 18.2 Å². The van der Waals surface area contributed by atoms with Gasteiger partial charge >= 0.3 is 0 Å². The van der Waals surface area contributed by atoms with Crippen LogP contribution in [0.5, 0.6) is 0 Å². The zero-order valence-electron chi connectivity index (χ0n) is 8.44. The molecule has 2 rings (SSSR count). The Bertz CT molecular complexity index is 511. The number of anilines is 2. The van der Waals surface area contributed by atoms with Gasteiger partial charge in [-0.1, -0.05) is 0 Å². The largest absolute Gasteiger partial charge is 0.396 e. The van der Waals surface area contributed by atoms with Crippen LogP contribution in [0.1, 0.15) is 11.4 Å². The summed E-state index contributed by atoms with van der Waals surface area (Å²) >= 11 is 0. The molecule has 0 aliphatic rings. The van der Waals surface area contributed by atoms with Crippen molar-refractivity contribution in [2.75, 3.05) is 11.1 Å². The molecule has 0 unspecified atom stereocenters. The van der Waals surface area contributed by atoms with Crippen molar-refractivity contribution in [3.8, 4) is 6.07 Å². The molecule has 0 spiro atoms. The second kappa shape index (κ2) is 4.31. The zero-order valence-corrected chi connectivity index (χ0v) is 8.44. The number of aromatic amines is 1. The second-order valence-corrected chi connectivity index (χ2v) is 3.18. The van der Waals surface area contributed by atoms with Crippen LogP contribution in [0.25, 0.3) is 0 Å². The van der Waals surface area contributed by atoms with Crippen molar-refractivity contribution in [1.82, 2.24) is 15.2 Å². The van der Waals surface area contributed by atoms with Crippen LogP contribution in [0, 0.1) is 11.3 Å². The molecule has 0 saturated heterocycles. The van der Waals surface area contributed by atoms with E-state index in [2.05, 4.69) is 20.5 Å². The third kappa shape index (κ3) is 2.09. The number of hydrogen-bond acceptors (Lipinski definition) is 5. The topological polar surface area (TPSA) is 103 Å². The van der Waals surface area contributed by atoms with Crippen molar-refractivity contribution < 1.29 is 0 Å². The minimum Gasteiger partial charge on any atom is -0.396 e. The minimum absolute atomic E-state index is 0.231. The van der Waals surface area contributed by atoms with Crippen LogP contribution in [0.4, 0.5) is 11.5 Å². The number of nitrogens with one attached hydrogen (secondary N) is 2. The Kier molecular flexibility index (Phi) is 2.69. The molecule has 6 nitrogen and oxygen atoms in total. The Morgan fingerprint density at radius 1 is 1.44 bits per heavy atom. The third-order valence-electron chi connectivity index (χ3n) is 2.05. The van der Waals surface area contributed by atoms with Crippen molar-refractivity contribution in [3.05, 3.63) is 35.8 Å². The third-order valence-corrected chi connectivity index (χ3v) is 2.05. The van der Waals surface area contributed by atoms with Crippen LogP contribution < -0.4 is 11.1 Å². The summed E-state index contributed by atoms with van der Waals surface area (Å²) in [6.45, 7) is 0.571. The molecule has 0 aliphatic heterocycles. The number of aromatic nitrogens is 3. The average molecular weight is 214 g/mol. The maximum atomic E-state index is 8.76. The number of nitrogens with two attached hydrogens (primary N) is 1. The van der Waals surface area contributed by atoms with E-state index in [0.29, 0.717) is 18.1 Å². The lowest BCUT2D eigenvalue weighted by atomic mass is 10.3. The van der Waals surface area contributed by atoms with Crippen molar-refractivity contribution in [2.24, 2.45) is 0 Å². The molecule has 0 atom stereocenters. The number of nitrogen functional groups attached to an aromatic ring is 1. The standard InChI is InChI=1S/C10H10N6/c11-5-9-8(12)1-2-10(15-9)13-6-7-3-4-14-16-7/h1-4H,6,12H2,(H,13,15)(H,14,16). The molecule has 2 aromatic heterocycles. The van der Waals surface area contributed by atoms with Gasteiger partial charge in [0.1, 0.15) is 11.9 Å². The predicted octanol–water partition coefficient (Wildman–Crippen LogP) is 0.871. The Balaban J connectivity index is 2.08. The van der Waals surface area contributed by atoms with Gasteiger partial charge in [0.05, 0.1) is 17.9 Å². The summed E-state index contributed by atoms with van der Waals surface area (Å²) in [5.74, 6) is 0.611. The summed E-state index contributed by atoms with van der Waals surface area (Å²) in [7, 11) is 0. The van der Waals surface area contributed by atoms with E-state index in [1.165, 1.54) is 0 Å². The first-order chi connectivity index (χ1) is 7.79. The summed E-state index contributed by atoms with van der Waals surface area (Å²) in [6, 6.07) is 7.17. The molecule has 0 aliphatic carbocycles. The quantitative estimate of drug-likeness (QED) is 0.703. The van der Waals surface area contributed by atoms with Gasteiger partial charge in [0.15, 0.2) is 5.69 Å². The van der Waals surface area contributed by atoms with Crippen LogP contribution >= 0.6 is 0 Å². The number of H-pyrrole nitrogens is 1. The van der Waals surface area contributed by atoms with Crippen molar-refractivity contribution in [2.45, 2.75) is 6.54 Å². The van der Waals surface area contributed by atoms with E-state index in [0.717, 1.165) is 5.69 Å². The van der Waals surface area contributed by atoms with E-state index in [4.69, 9.17) is 11.0 Å². The molecule has 0 aromatic carbocycles. The van der Waals surface area contributed by atoms with Crippen molar-refractivity contribution in [3.63, 3.8) is 0 Å². The van der Waals surface area contributed by atoms with Crippen LogP contribution in [0.2, 0.25) is 0 Å². The molecular formula is C10H10N6. The highest BCUT2D eigenvalue weighted by atomic mass is 15.1. The molecule has 4 N–H and O–H groups in total. The maximum Gasteiger partial charge on any atom is 0.165 e. The number of rotatable bonds is 3. The van der Waals surface area contributed by atoms with Gasteiger partial charge in [-0.15, -0.1) is 0 Å². The summed E-state index contributed by atoms with van der Waals surface area (Å²) in [5.41, 5.74) is 7.12. The molecular weight excluding hydrogens is 204 g/mol. The van der Waals surface area contributed by atoms with Gasteiger partial charge in [0, 0.05) is 6.20 Å². The average Bonchev–Trinajstić information content (AvgIpc) is 2.81. The maximum absolute atomic E-state index is 8.76. The highest BCUT2D eigenvalue weighted by Gasteiger charge is 2.01. The van der Waals surface area contributed by atoms with E-state index in [-0.39, 0.29) is 5.69 Å². The smallest absolute Gasteiger partial charge is 0.165 e. The SMILES string of the molecule is N#Cc1nc(NCc2ccn[nH]2)ccc1N. The summed E-state index contributed by atoms with van der Waals surface area (Å²) in [6.07, 6.45) is 1.67. The number of nitrogens with zero attached hydrogens (tertiary/aromatic N) is 3. The van der Waals surface area contributed by atoms with Gasteiger partial charge in [-0.3, -0.25) is 5.10 Å². The normalized spacial score (nSPS) is 9.69. The number of pyridine rings is 1. The van der Waals surface area contributed by atoms with Crippen LogP contribution in [-0.4, -0.2) is 15.2 Å². The molecule has 16 heavy (non-hydrogen) atoms. The fraction of sp³-hybridized carbons (Fsp3) is 0.100. The molecule has 0 amide bonds. The lowest BCUT2D eigenvalue weighted by Gasteiger charge is -2.04.